The van der Waals surface area contributed by atoms with E-state index in [1.54, 1.807) is 36.4 Å². The first-order valence-corrected chi connectivity index (χ1v) is 9.72. The average molecular weight is 399 g/mol. The highest BCUT2D eigenvalue weighted by Crippen LogP contribution is 2.20. The molecule has 0 saturated carbocycles. The van der Waals surface area contributed by atoms with Crippen LogP contribution in [0.4, 0.5) is 5.69 Å². The molecular weight excluding hydrogens is 378 g/mol. The number of benzene rings is 3. The van der Waals surface area contributed by atoms with E-state index in [2.05, 4.69) is 10.4 Å². The van der Waals surface area contributed by atoms with Crippen molar-refractivity contribution in [3.05, 3.63) is 96.1 Å². The van der Waals surface area contributed by atoms with E-state index in [1.165, 1.54) is 5.01 Å². The summed E-state index contributed by atoms with van der Waals surface area (Å²) < 4.78 is 5.69. The van der Waals surface area contributed by atoms with Crippen LogP contribution in [0.5, 0.6) is 5.75 Å². The van der Waals surface area contributed by atoms with Gasteiger partial charge in [-0.1, -0.05) is 60.7 Å². The molecule has 6 nitrogen and oxygen atoms in total. The molecule has 3 aromatic carbocycles. The number of amides is 2. The minimum Gasteiger partial charge on any atom is -0.483 e. The summed E-state index contributed by atoms with van der Waals surface area (Å²) in [6.07, 6.45) is 0.700. The lowest BCUT2D eigenvalue weighted by molar-refractivity contribution is -0.132. The molecule has 0 bridgehead atoms. The van der Waals surface area contributed by atoms with Crippen LogP contribution in [0, 0.1) is 0 Å². The van der Waals surface area contributed by atoms with E-state index in [0.717, 1.165) is 11.3 Å². The van der Waals surface area contributed by atoms with Gasteiger partial charge in [0.15, 0.2) is 6.61 Å². The van der Waals surface area contributed by atoms with Crippen LogP contribution < -0.4 is 10.1 Å². The van der Waals surface area contributed by atoms with Gasteiger partial charge in [0.25, 0.3) is 11.8 Å². The second kappa shape index (κ2) is 9.05. The Hall–Kier alpha value is -3.93. The molecule has 1 aliphatic heterocycles. The van der Waals surface area contributed by atoms with Gasteiger partial charge in [-0.25, -0.2) is 5.01 Å². The molecule has 3 aromatic rings. The molecule has 4 rings (SSSR count). The van der Waals surface area contributed by atoms with E-state index >= 15 is 0 Å². The van der Waals surface area contributed by atoms with Crippen molar-refractivity contribution in [3.8, 4) is 5.75 Å². The zero-order valence-electron chi connectivity index (χ0n) is 16.3. The molecule has 1 N–H and O–H groups in total. The van der Waals surface area contributed by atoms with Crippen molar-refractivity contribution in [2.45, 2.75) is 6.42 Å². The van der Waals surface area contributed by atoms with Crippen molar-refractivity contribution in [1.29, 1.82) is 0 Å². The Bertz CT molecular complexity index is 1070. The highest BCUT2D eigenvalue weighted by molar-refractivity contribution is 6.06. The summed E-state index contributed by atoms with van der Waals surface area (Å²) in [5.74, 6) is -0.195. The fourth-order valence-electron chi connectivity index (χ4n) is 3.18. The topological polar surface area (TPSA) is 71.0 Å². The lowest BCUT2D eigenvalue weighted by Crippen LogP contribution is -2.29. The highest BCUT2D eigenvalue weighted by Gasteiger charge is 2.22. The summed E-state index contributed by atoms with van der Waals surface area (Å²) >= 11 is 0. The van der Waals surface area contributed by atoms with Gasteiger partial charge in [-0.15, -0.1) is 0 Å². The zero-order chi connectivity index (χ0) is 20.8. The average Bonchev–Trinajstić information content (AvgIpc) is 3.29. The van der Waals surface area contributed by atoms with Crippen molar-refractivity contribution in [2.24, 2.45) is 5.10 Å². The van der Waals surface area contributed by atoms with E-state index in [9.17, 15) is 9.59 Å². The van der Waals surface area contributed by atoms with Crippen molar-refractivity contribution < 1.29 is 14.3 Å². The predicted molar refractivity (Wildman–Crippen MR) is 116 cm³/mol. The Morgan fingerprint density at radius 1 is 0.900 bits per heavy atom. The van der Waals surface area contributed by atoms with Crippen LogP contribution in [0.25, 0.3) is 0 Å². The molecule has 0 aromatic heterocycles. The Morgan fingerprint density at radius 3 is 2.33 bits per heavy atom. The molecule has 0 unspecified atom stereocenters. The van der Waals surface area contributed by atoms with Gasteiger partial charge < -0.3 is 10.1 Å². The summed E-state index contributed by atoms with van der Waals surface area (Å²) in [6.45, 7) is 0.323. The molecule has 6 heteroatoms. The standard InChI is InChI=1S/C24H21N3O3/c28-23(27-16-15-21(26-27)18-9-3-1-4-10-18)17-30-22-14-8-7-13-20(22)24(29)25-19-11-5-2-6-12-19/h1-14H,15-17H2,(H,25,29). The lowest BCUT2D eigenvalue weighted by Gasteiger charge is -2.14. The quantitative estimate of drug-likeness (QED) is 0.682. The molecule has 0 fully saturated rings. The number of hydrazone groups is 1. The Kier molecular flexibility index (Phi) is 5.85. The number of carbonyl (C=O) groups excluding carboxylic acids is 2. The fraction of sp³-hybridized carbons (Fsp3) is 0.125. The maximum Gasteiger partial charge on any atom is 0.280 e. The summed E-state index contributed by atoms with van der Waals surface area (Å²) in [6, 6.07) is 25.8. The SMILES string of the molecule is O=C(Nc1ccccc1)c1ccccc1OCC(=O)N1CCC(c2ccccc2)=N1. The maximum absolute atomic E-state index is 12.6. The zero-order valence-corrected chi connectivity index (χ0v) is 16.3. The molecule has 0 spiro atoms. The molecule has 0 radical (unpaired) electrons. The molecule has 1 heterocycles. The smallest absolute Gasteiger partial charge is 0.280 e. The number of hydrogen-bond donors (Lipinski definition) is 1. The number of hydrogen-bond acceptors (Lipinski definition) is 4. The van der Waals surface area contributed by atoms with Crippen molar-refractivity contribution in [3.63, 3.8) is 0 Å². The molecule has 2 amide bonds. The van der Waals surface area contributed by atoms with Gasteiger partial charge in [0.05, 0.1) is 17.8 Å². The monoisotopic (exact) mass is 399 g/mol. The van der Waals surface area contributed by atoms with Gasteiger partial charge in [0.2, 0.25) is 0 Å². The largest absolute Gasteiger partial charge is 0.483 e. The Labute approximate surface area is 174 Å². The third-order valence-corrected chi connectivity index (χ3v) is 4.71. The van der Waals surface area contributed by atoms with Crippen LogP contribution in [-0.2, 0) is 4.79 Å². The minimum atomic E-state index is -0.296. The van der Waals surface area contributed by atoms with Crippen LogP contribution in [0.3, 0.4) is 0 Å². The van der Waals surface area contributed by atoms with Crippen LogP contribution in [-0.4, -0.2) is 35.7 Å². The van der Waals surface area contributed by atoms with Crippen molar-refractivity contribution >= 4 is 23.2 Å². The first-order chi connectivity index (χ1) is 14.7. The maximum atomic E-state index is 12.6. The van der Waals surface area contributed by atoms with E-state index in [-0.39, 0.29) is 18.4 Å². The minimum absolute atomic E-state index is 0.193. The van der Waals surface area contributed by atoms with Crippen LogP contribution in [0.15, 0.2) is 90.0 Å². The third kappa shape index (κ3) is 4.55. The van der Waals surface area contributed by atoms with E-state index < -0.39 is 0 Å². The molecule has 0 saturated heterocycles. The van der Waals surface area contributed by atoms with Crippen LogP contribution in [0.2, 0.25) is 0 Å². The molecule has 30 heavy (non-hydrogen) atoms. The third-order valence-electron chi connectivity index (χ3n) is 4.71. The van der Waals surface area contributed by atoms with E-state index in [4.69, 9.17) is 4.74 Å². The number of para-hydroxylation sites is 2. The van der Waals surface area contributed by atoms with Crippen LogP contribution >= 0.6 is 0 Å². The number of anilines is 1. The van der Waals surface area contributed by atoms with Gasteiger partial charge in [-0.3, -0.25) is 9.59 Å². The Balaban J connectivity index is 1.40. The first kappa shape index (κ1) is 19.4. The number of ether oxygens (including phenoxy) is 1. The number of nitrogens with one attached hydrogen (secondary N) is 1. The summed E-state index contributed by atoms with van der Waals surface area (Å²) in [7, 11) is 0. The molecule has 0 aliphatic carbocycles. The molecule has 1 aliphatic rings. The van der Waals surface area contributed by atoms with E-state index in [0.29, 0.717) is 30.0 Å². The predicted octanol–water partition coefficient (Wildman–Crippen LogP) is 3.95. The van der Waals surface area contributed by atoms with Crippen molar-refractivity contribution in [1.82, 2.24) is 5.01 Å². The second-order valence-corrected chi connectivity index (χ2v) is 6.78. The number of rotatable bonds is 6. The summed E-state index contributed by atoms with van der Waals surface area (Å²) in [4.78, 5) is 25.2. The first-order valence-electron chi connectivity index (χ1n) is 9.72. The Morgan fingerprint density at radius 2 is 1.57 bits per heavy atom. The summed E-state index contributed by atoms with van der Waals surface area (Å²) in [5, 5.41) is 8.68. The van der Waals surface area contributed by atoms with Gasteiger partial charge >= 0.3 is 0 Å². The van der Waals surface area contributed by atoms with Crippen LogP contribution in [0.1, 0.15) is 22.3 Å². The molecule has 0 atom stereocenters. The number of carbonyl (C=O) groups is 2. The van der Waals surface area contributed by atoms with Crippen molar-refractivity contribution in [2.75, 3.05) is 18.5 Å². The fourth-order valence-corrected chi connectivity index (χ4v) is 3.18. The summed E-state index contributed by atoms with van der Waals surface area (Å²) in [5.41, 5.74) is 2.94. The van der Waals surface area contributed by atoms with Gasteiger partial charge in [0, 0.05) is 12.1 Å². The highest BCUT2D eigenvalue weighted by atomic mass is 16.5. The second-order valence-electron chi connectivity index (χ2n) is 6.78. The van der Waals surface area contributed by atoms with Gasteiger partial charge in [-0.2, -0.15) is 5.10 Å². The molecule has 150 valence electrons. The van der Waals surface area contributed by atoms with E-state index in [1.807, 2.05) is 48.5 Å². The molecular formula is C24H21N3O3. The van der Waals surface area contributed by atoms with Gasteiger partial charge in [0.1, 0.15) is 5.75 Å². The van der Waals surface area contributed by atoms with Gasteiger partial charge in [-0.05, 0) is 29.8 Å². The number of nitrogens with zero attached hydrogens (tertiary/aromatic N) is 2. The lowest BCUT2D eigenvalue weighted by atomic mass is 10.1. The normalized spacial score (nSPS) is 12.9.